The summed E-state index contributed by atoms with van der Waals surface area (Å²) in [6.45, 7) is 3.35. The van der Waals surface area contributed by atoms with Crippen molar-refractivity contribution in [3.8, 4) is 11.5 Å². The highest BCUT2D eigenvalue weighted by Gasteiger charge is 2.05. The Kier molecular flexibility index (Phi) is 9.80. The molecule has 33 heavy (non-hydrogen) atoms. The lowest BCUT2D eigenvalue weighted by Crippen LogP contribution is -2.17. The molecule has 3 rings (SSSR count). The van der Waals surface area contributed by atoms with E-state index in [0.717, 1.165) is 29.9 Å². The molecule has 0 aromatic heterocycles. The van der Waals surface area contributed by atoms with Crippen molar-refractivity contribution in [2.24, 2.45) is 5.10 Å². The number of hydrogen-bond acceptors (Lipinski definition) is 4. The molecule has 0 fully saturated rings. The fraction of sp³-hybridized carbons (Fsp3) is 0.259. The first-order valence-corrected chi connectivity index (χ1v) is 11.6. The molecule has 0 radical (unpaired) electrons. The SMILES string of the molecule is CCCCCCOc1ccc(/C=N\NC(=O)c2ccc(OCc3ccc(Cl)cc3)cc2)cc1. The van der Waals surface area contributed by atoms with Crippen molar-refractivity contribution in [2.45, 2.75) is 39.2 Å². The van der Waals surface area contributed by atoms with E-state index in [0.29, 0.717) is 22.9 Å². The third kappa shape index (κ3) is 8.62. The van der Waals surface area contributed by atoms with Gasteiger partial charge >= 0.3 is 0 Å². The first kappa shape index (κ1) is 24.3. The normalized spacial score (nSPS) is 10.8. The van der Waals surface area contributed by atoms with Crippen LogP contribution in [0.15, 0.2) is 77.9 Å². The molecule has 1 amide bonds. The third-order valence-corrected chi connectivity index (χ3v) is 5.21. The van der Waals surface area contributed by atoms with Crippen LogP contribution in [0.1, 0.15) is 54.1 Å². The number of nitrogens with one attached hydrogen (secondary N) is 1. The molecule has 0 saturated heterocycles. The van der Waals surface area contributed by atoms with Crippen molar-refractivity contribution in [1.82, 2.24) is 5.43 Å². The van der Waals surface area contributed by atoms with Gasteiger partial charge in [0.25, 0.3) is 5.91 Å². The van der Waals surface area contributed by atoms with Crippen molar-refractivity contribution < 1.29 is 14.3 Å². The predicted molar refractivity (Wildman–Crippen MR) is 133 cm³/mol. The van der Waals surface area contributed by atoms with Gasteiger partial charge in [-0.3, -0.25) is 4.79 Å². The molecule has 0 unspecified atom stereocenters. The van der Waals surface area contributed by atoms with E-state index in [2.05, 4.69) is 17.5 Å². The molecule has 1 N–H and O–H groups in total. The van der Waals surface area contributed by atoms with E-state index in [9.17, 15) is 4.79 Å². The average Bonchev–Trinajstić information content (AvgIpc) is 2.85. The number of halogens is 1. The summed E-state index contributed by atoms with van der Waals surface area (Å²) in [6, 6.07) is 22.0. The zero-order valence-corrected chi connectivity index (χ0v) is 19.6. The van der Waals surface area contributed by atoms with Gasteiger partial charge in [-0.2, -0.15) is 5.10 Å². The van der Waals surface area contributed by atoms with E-state index in [1.165, 1.54) is 19.3 Å². The maximum atomic E-state index is 12.3. The number of amides is 1. The van der Waals surface area contributed by atoms with E-state index in [-0.39, 0.29) is 5.91 Å². The van der Waals surface area contributed by atoms with E-state index in [4.69, 9.17) is 21.1 Å². The summed E-state index contributed by atoms with van der Waals surface area (Å²) in [5.41, 5.74) is 4.93. The Morgan fingerprint density at radius 1 is 0.879 bits per heavy atom. The maximum absolute atomic E-state index is 12.3. The van der Waals surface area contributed by atoms with Gasteiger partial charge in [-0.05, 0) is 78.2 Å². The Morgan fingerprint density at radius 3 is 2.24 bits per heavy atom. The van der Waals surface area contributed by atoms with E-state index in [1.54, 1.807) is 30.5 Å². The van der Waals surface area contributed by atoms with E-state index in [1.807, 2.05) is 48.5 Å². The zero-order valence-electron chi connectivity index (χ0n) is 18.8. The summed E-state index contributed by atoms with van der Waals surface area (Å²) >= 11 is 5.89. The first-order chi connectivity index (χ1) is 16.1. The molecule has 3 aromatic carbocycles. The van der Waals surface area contributed by atoms with Gasteiger partial charge in [0.05, 0.1) is 12.8 Å². The second-order valence-corrected chi connectivity index (χ2v) is 8.05. The molecule has 3 aromatic rings. The Morgan fingerprint density at radius 2 is 1.55 bits per heavy atom. The van der Waals surface area contributed by atoms with Crippen molar-refractivity contribution in [3.05, 3.63) is 94.5 Å². The first-order valence-electron chi connectivity index (χ1n) is 11.2. The molecule has 0 aliphatic heterocycles. The fourth-order valence-corrected chi connectivity index (χ4v) is 3.17. The fourth-order valence-electron chi connectivity index (χ4n) is 3.05. The van der Waals surface area contributed by atoms with Crippen molar-refractivity contribution in [3.63, 3.8) is 0 Å². The van der Waals surface area contributed by atoms with Crippen molar-refractivity contribution in [1.29, 1.82) is 0 Å². The number of rotatable bonds is 12. The summed E-state index contributed by atoms with van der Waals surface area (Å²) in [6.07, 6.45) is 6.33. The average molecular weight is 465 g/mol. The van der Waals surface area contributed by atoms with Crippen LogP contribution in [0, 0.1) is 0 Å². The minimum atomic E-state index is -0.289. The standard InChI is InChI=1S/C27H29ClN2O3/c1-2-3-4-5-18-32-25-14-8-21(9-15-25)19-29-30-27(31)23-10-16-26(17-11-23)33-20-22-6-12-24(28)13-7-22/h6-17,19H,2-5,18,20H2,1H3,(H,30,31)/b29-19-. The van der Waals surface area contributed by atoms with Crippen LogP contribution in [0.25, 0.3) is 0 Å². The summed E-state index contributed by atoms with van der Waals surface area (Å²) in [5.74, 6) is 1.23. The Hall–Kier alpha value is -3.31. The highest BCUT2D eigenvalue weighted by Crippen LogP contribution is 2.16. The van der Waals surface area contributed by atoms with Gasteiger partial charge in [0.1, 0.15) is 18.1 Å². The van der Waals surface area contributed by atoms with Gasteiger partial charge in [0, 0.05) is 10.6 Å². The van der Waals surface area contributed by atoms with Crippen molar-refractivity contribution in [2.75, 3.05) is 6.61 Å². The van der Waals surface area contributed by atoms with Crippen LogP contribution in [0.2, 0.25) is 5.02 Å². The van der Waals surface area contributed by atoms with Gasteiger partial charge in [-0.1, -0.05) is 49.9 Å². The number of hydrogen-bond donors (Lipinski definition) is 1. The van der Waals surface area contributed by atoms with Crippen LogP contribution >= 0.6 is 11.6 Å². The number of carbonyl (C=O) groups excluding carboxylic acids is 1. The molecule has 0 heterocycles. The Bertz CT molecular complexity index is 1020. The molecule has 0 spiro atoms. The molecular weight excluding hydrogens is 436 g/mol. The number of unbranched alkanes of at least 4 members (excludes halogenated alkanes) is 3. The topological polar surface area (TPSA) is 59.9 Å². The number of nitrogens with zero attached hydrogens (tertiary/aromatic N) is 1. The van der Waals surface area contributed by atoms with Gasteiger partial charge < -0.3 is 9.47 Å². The van der Waals surface area contributed by atoms with Crippen molar-refractivity contribution >= 4 is 23.7 Å². The van der Waals surface area contributed by atoms with Crippen LogP contribution in [-0.4, -0.2) is 18.7 Å². The van der Waals surface area contributed by atoms with E-state index >= 15 is 0 Å². The lowest BCUT2D eigenvalue weighted by Gasteiger charge is -2.07. The highest BCUT2D eigenvalue weighted by molar-refractivity contribution is 6.30. The monoisotopic (exact) mass is 464 g/mol. The van der Waals surface area contributed by atoms with E-state index < -0.39 is 0 Å². The summed E-state index contributed by atoms with van der Waals surface area (Å²) in [4.78, 5) is 12.3. The number of ether oxygens (including phenoxy) is 2. The highest BCUT2D eigenvalue weighted by atomic mass is 35.5. The molecular formula is C27H29ClN2O3. The van der Waals surface area contributed by atoms with Crippen LogP contribution in [0.4, 0.5) is 0 Å². The molecule has 5 nitrogen and oxygen atoms in total. The lowest BCUT2D eigenvalue weighted by molar-refractivity contribution is 0.0955. The molecule has 172 valence electrons. The number of carbonyl (C=O) groups is 1. The molecule has 0 atom stereocenters. The molecule has 0 bridgehead atoms. The molecule has 0 saturated carbocycles. The molecule has 0 aliphatic carbocycles. The van der Waals surface area contributed by atoms with Crippen LogP contribution < -0.4 is 14.9 Å². The van der Waals surface area contributed by atoms with Gasteiger partial charge in [0.15, 0.2) is 0 Å². The van der Waals surface area contributed by atoms with Gasteiger partial charge in [-0.15, -0.1) is 0 Å². The Balaban J connectivity index is 1.41. The largest absolute Gasteiger partial charge is 0.494 e. The van der Waals surface area contributed by atoms with Crippen LogP contribution in [0.3, 0.4) is 0 Å². The second-order valence-electron chi connectivity index (χ2n) is 7.62. The second kappa shape index (κ2) is 13.3. The lowest BCUT2D eigenvalue weighted by atomic mass is 10.2. The van der Waals surface area contributed by atoms with Crippen LogP contribution in [-0.2, 0) is 6.61 Å². The number of hydrazone groups is 1. The quantitative estimate of drug-likeness (QED) is 0.185. The molecule has 6 heteroatoms. The Labute approximate surface area is 200 Å². The molecule has 0 aliphatic rings. The minimum absolute atomic E-state index is 0.289. The smallest absolute Gasteiger partial charge is 0.271 e. The third-order valence-electron chi connectivity index (χ3n) is 4.96. The van der Waals surface area contributed by atoms with Gasteiger partial charge in [0.2, 0.25) is 0 Å². The predicted octanol–water partition coefficient (Wildman–Crippen LogP) is 6.64. The summed E-state index contributed by atoms with van der Waals surface area (Å²) < 4.78 is 11.5. The minimum Gasteiger partial charge on any atom is -0.494 e. The zero-order chi connectivity index (χ0) is 23.3. The summed E-state index contributed by atoms with van der Waals surface area (Å²) in [5, 5.41) is 4.73. The van der Waals surface area contributed by atoms with Crippen LogP contribution in [0.5, 0.6) is 11.5 Å². The van der Waals surface area contributed by atoms with Gasteiger partial charge in [-0.25, -0.2) is 5.43 Å². The summed E-state index contributed by atoms with van der Waals surface area (Å²) in [7, 11) is 0. The number of benzene rings is 3. The maximum Gasteiger partial charge on any atom is 0.271 e.